The number of nitrogens with one attached hydrogen (secondary N) is 1. The molecule has 7 heteroatoms. The third-order valence-electron chi connectivity index (χ3n) is 4.18. The SMILES string of the molecule is CCC(CC)NC(=O)CSc1nnc(-c2cccnc2)n1C1CC1. The van der Waals surface area contributed by atoms with Crippen molar-refractivity contribution in [1.29, 1.82) is 0 Å². The van der Waals surface area contributed by atoms with E-state index in [1.807, 2.05) is 12.1 Å². The Morgan fingerprint density at radius 1 is 1.38 bits per heavy atom. The molecule has 24 heavy (non-hydrogen) atoms. The fourth-order valence-corrected chi connectivity index (χ4v) is 3.44. The number of carbonyl (C=O) groups excluding carboxylic acids is 1. The molecule has 1 aliphatic carbocycles. The highest BCUT2D eigenvalue weighted by Crippen LogP contribution is 2.40. The maximum absolute atomic E-state index is 12.1. The van der Waals surface area contributed by atoms with Crippen LogP contribution in [-0.2, 0) is 4.79 Å². The number of thioether (sulfide) groups is 1. The second-order valence-corrected chi connectivity index (χ2v) is 6.96. The Morgan fingerprint density at radius 2 is 2.17 bits per heavy atom. The Morgan fingerprint density at radius 3 is 2.79 bits per heavy atom. The lowest BCUT2D eigenvalue weighted by Crippen LogP contribution is -2.35. The molecule has 1 N–H and O–H groups in total. The summed E-state index contributed by atoms with van der Waals surface area (Å²) in [4.78, 5) is 16.3. The van der Waals surface area contributed by atoms with Gasteiger partial charge in [-0.25, -0.2) is 0 Å². The van der Waals surface area contributed by atoms with Gasteiger partial charge in [-0.2, -0.15) is 0 Å². The van der Waals surface area contributed by atoms with E-state index >= 15 is 0 Å². The number of pyridine rings is 1. The summed E-state index contributed by atoms with van der Waals surface area (Å²) in [5, 5.41) is 12.5. The van der Waals surface area contributed by atoms with Gasteiger partial charge in [0, 0.05) is 30.0 Å². The van der Waals surface area contributed by atoms with E-state index in [-0.39, 0.29) is 11.9 Å². The second-order valence-electron chi connectivity index (χ2n) is 6.02. The van der Waals surface area contributed by atoms with E-state index in [1.54, 1.807) is 12.4 Å². The maximum Gasteiger partial charge on any atom is 0.230 e. The Bertz CT molecular complexity index is 680. The van der Waals surface area contributed by atoms with Gasteiger partial charge in [-0.05, 0) is 37.8 Å². The largest absolute Gasteiger partial charge is 0.353 e. The van der Waals surface area contributed by atoms with Gasteiger partial charge in [0.2, 0.25) is 5.91 Å². The fraction of sp³-hybridized carbons (Fsp3) is 0.529. The number of hydrogen-bond acceptors (Lipinski definition) is 5. The molecular weight excluding hydrogens is 322 g/mol. The smallest absolute Gasteiger partial charge is 0.230 e. The molecule has 1 aliphatic rings. The van der Waals surface area contributed by atoms with E-state index in [0.29, 0.717) is 11.8 Å². The molecule has 0 unspecified atom stereocenters. The van der Waals surface area contributed by atoms with Crippen LogP contribution in [0.25, 0.3) is 11.4 Å². The Kier molecular flexibility index (Phi) is 5.50. The zero-order valence-electron chi connectivity index (χ0n) is 14.1. The van der Waals surface area contributed by atoms with E-state index in [1.165, 1.54) is 11.8 Å². The van der Waals surface area contributed by atoms with E-state index in [4.69, 9.17) is 0 Å². The van der Waals surface area contributed by atoms with E-state index in [2.05, 4.69) is 38.9 Å². The van der Waals surface area contributed by atoms with Gasteiger partial charge < -0.3 is 5.32 Å². The van der Waals surface area contributed by atoms with E-state index < -0.39 is 0 Å². The predicted molar refractivity (Wildman–Crippen MR) is 94.8 cm³/mol. The molecule has 2 heterocycles. The molecule has 128 valence electrons. The first kappa shape index (κ1) is 17.0. The number of amides is 1. The average molecular weight is 345 g/mol. The summed E-state index contributed by atoms with van der Waals surface area (Å²) < 4.78 is 2.16. The van der Waals surface area contributed by atoms with Crippen LogP contribution >= 0.6 is 11.8 Å². The molecule has 0 aliphatic heterocycles. The number of aromatic nitrogens is 4. The van der Waals surface area contributed by atoms with Crippen LogP contribution in [0.15, 0.2) is 29.7 Å². The number of nitrogens with zero attached hydrogens (tertiary/aromatic N) is 4. The van der Waals surface area contributed by atoms with Gasteiger partial charge in [-0.3, -0.25) is 14.3 Å². The lowest BCUT2D eigenvalue weighted by Gasteiger charge is -2.14. The van der Waals surface area contributed by atoms with E-state index in [0.717, 1.165) is 42.2 Å². The van der Waals surface area contributed by atoms with Crippen molar-refractivity contribution in [1.82, 2.24) is 25.1 Å². The van der Waals surface area contributed by atoms with Crippen molar-refractivity contribution in [3.8, 4) is 11.4 Å². The fourth-order valence-electron chi connectivity index (χ4n) is 2.62. The second kappa shape index (κ2) is 7.79. The molecule has 1 fully saturated rings. The summed E-state index contributed by atoms with van der Waals surface area (Å²) >= 11 is 1.46. The molecule has 0 aromatic carbocycles. The van der Waals surface area contributed by atoms with Gasteiger partial charge in [0.15, 0.2) is 11.0 Å². The Balaban J connectivity index is 1.70. The first-order valence-electron chi connectivity index (χ1n) is 8.50. The molecule has 6 nitrogen and oxygen atoms in total. The quantitative estimate of drug-likeness (QED) is 0.744. The zero-order chi connectivity index (χ0) is 16.9. The van der Waals surface area contributed by atoms with Crippen LogP contribution in [0.2, 0.25) is 0 Å². The van der Waals surface area contributed by atoms with Crippen LogP contribution in [0, 0.1) is 0 Å². The highest BCUT2D eigenvalue weighted by atomic mass is 32.2. The molecule has 2 aromatic heterocycles. The third-order valence-corrected chi connectivity index (χ3v) is 5.12. The summed E-state index contributed by atoms with van der Waals surface area (Å²) in [7, 11) is 0. The summed E-state index contributed by atoms with van der Waals surface area (Å²) in [6.45, 7) is 4.18. The van der Waals surface area contributed by atoms with Crippen LogP contribution in [0.1, 0.15) is 45.6 Å². The monoisotopic (exact) mass is 345 g/mol. The van der Waals surface area contributed by atoms with Crippen molar-refractivity contribution < 1.29 is 4.79 Å². The minimum absolute atomic E-state index is 0.0574. The van der Waals surface area contributed by atoms with Crippen molar-refractivity contribution in [3.63, 3.8) is 0 Å². The Labute approximate surface area is 146 Å². The topological polar surface area (TPSA) is 72.7 Å². The summed E-state index contributed by atoms with van der Waals surface area (Å²) in [5.74, 6) is 1.27. The molecule has 0 bridgehead atoms. The normalized spacial score (nSPS) is 14.1. The van der Waals surface area contributed by atoms with Gasteiger partial charge >= 0.3 is 0 Å². The third kappa shape index (κ3) is 3.95. The summed E-state index contributed by atoms with van der Waals surface area (Å²) in [6.07, 6.45) is 7.74. The van der Waals surface area contributed by atoms with Crippen molar-refractivity contribution >= 4 is 17.7 Å². The van der Waals surface area contributed by atoms with Crippen molar-refractivity contribution in [2.24, 2.45) is 0 Å². The van der Waals surface area contributed by atoms with Crippen LogP contribution < -0.4 is 5.32 Å². The number of carbonyl (C=O) groups is 1. The first-order chi connectivity index (χ1) is 11.7. The maximum atomic E-state index is 12.1. The molecule has 0 radical (unpaired) electrons. The average Bonchev–Trinajstić information content (AvgIpc) is 3.37. The minimum atomic E-state index is 0.0574. The highest BCUT2D eigenvalue weighted by molar-refractivity contribution is 7.99. The molecule has 0 spiro atoms. The predicted octanol–water partition coefficient (Wildman–Crippen LogP) is 3.07. The molecule has 0 saturated heterocycles. The van der Waals surface area contributed by atoms with Crippen molar-refractivity contribution in [2.75, 3.05) is 5.75 Å². The lowest BCUT2D eigenvalue weighted by atomic mass is 10.2. The first-order valence-corrected chi connectivity index (χ1v) is 9.48. The van der Waals surface area contributed by atoms with Gasteiger partial charge in [-0.15, -0.1) is 10.2 Å². The van der Waals surface area contributed by atoms with Crippen molar-refractivity contribution in [2.45, 2.75) is 56.8 Å². The standard InChI is InChI=1S/C17H23N5OS/c1-3-13(4-2)19-15(23)11-24-17-21-20-16(22(17)14-7-8-14)12-6-5-9-18-10-12/h5-6,9-10,13-14H,3-4,7-8,11H2,1-2H3,(H,19,23). The van der Waals surface area contributed by atoms with Gasteiger partial charge in [0.25, 0.3) is 0 Å². The zero-order valence-corrected chi connectivity index (χ0v) is 14.9. The van der Waals surface area contributed by atoms with E-state index in [9.17, 15) is 4.79 Å². The van der Waals surface area contributed by atoms with Gasteiger partial charge in [0.05, 0.1) is 5.75 Å². The van der Waals surface area contributed by atoms with Crippen LogP contribution in [0.3, 0.4) is 0 Å². The number of hydrogen-bond donors (Lipinski definition) is 1. The molecule has 3 rings (SSSR count). The summed E-state index contributed by atoms with van der Waals surface area (Å²) in [5.41, 5.74) is 0.963. The Hall–Kier alpha value is -1.89. The van der Waals surface area contributed by atoms with Crippen LogP contribution in [0.4, 0.5) is 0 Å². The molecule has 1 amide bonds. The lowest BCUT2D eigenvalue weighted by molar-refractivity contribution is -0.119. The molecule has 0 atom stereocenters. The minimum Gasteiger partial charge on any atom is -0.353 e. The van der Waals surface area contributed by atoms with Crippen LogP contribution in [0.5, 0.6) is 0 Å². The molecule has 1 saturated carbocycles. The van der Waals surface area contributed by atoms with Crippen molar-refractivity contribution in [3.05, 3.63) is 24.5 Å². The number of rotatable bonds is 8. The molecular formula is C17H23N5OS. The van der Waals surface area contributed by atoms with Gasteiger partial charge in [0.1, 0.15) is 0 Å². The molecule has 2 aromatic rings. The summed E-state index contributed by atoms with van der Waals surface area (Å²) in [6, 6.07) is 4.59. The van der Waals surface area contributed by atoms with Gasteiger partial charge in [-0.1, -0.05) is 25.6 Å². The van der Waals surface area contributed by atoms with Crippen LogP contribution in [-0.4, -0.2) is 37.5 Å². The highest BCUT2D eigenvalue weighted by Gasteiger charge is 2.30.